The molecule has 106 valence electrons. The second kappa shape index (κ2) is 5.33. The Hall–Kier alpha value is -3.15. The highest BCUT2D eigenvalue weighted by atomic mass is 19.1. The summed E-state index contributed by atoms with van der Waals surface area (Å²) in [5, 5.41) is 37.6. The molecular formula is C17H11FN4. The number of allylic oxidation sites excluding steroid dienone is 2. The van der Waals surface area contributed by atoms with Crippen molar-refractivity contribution in [1.82, 2.24) is 0 Å². The Balaban J connectivity index is 2.63. The normalized spacial score (nSPS) is 18.0. The first-order valence-corrected chi connectivity index (χ1v) is 6.59. The zero-order valence-corrected chi connectivity index (χ0v) is 11.9. The highest BCUT2D eigenvalue weighted by Gasteiger charge is 2.56. The van der Waals surface area contributed by atoms with Gasteiger partial charge in [-0.15, -0.1) is 0 Å². The summed E-state index contributed by atoms with van der Waals surface area (Å²) in [5.41, 5.74) is -1.85. The van der Waals surface area contributed by atoms with E-state index in [1.165, 1.54) is 6.07 Å². The average Bonchev–Trinajstić information content (AvgIpc) is 2.56. The maximum Gasteiger partial charge on any atom is 0.179 e. The lowest BCUT2D eigenvalue weighted by atomic mass is 9.58. The van der Waals surface area contributed by atoms with Gasteiger partial charge in [0.05, 0.1) is 24.3 Å². The number of nitriles is 4. The predicted octanol–water partition coefficient (Wildman–Crippen LogP) is 3.38. The van der Waals surface area contributed by atoms with Crippen LogP contribution >= 0.6 is 0 Å². The molecule has 22 heavy (non-hydrogen) atoms. The van der Waals surface area contributed by atoms with Gasteiger partial charge in [0.1, 0.15) is 5.82 Å². The van der Waals surface area contributed by atoms with E-state index >= 15 is 0 Å². The van der Waals surface area contributed by atoms with Gasteiger partial charge in [0.15, 0.2) is 10.8 Å². The van der Waals surface area contributed by atoms with E-state index in [0.29, 0.717) is 16.7 Å². The number of rotatable bonds is 1. The first-order chi connectivity index (χ1) is 10.5. The van der Waals surface area contributed by atoms with Crippen LogP contribution < -0.4 is 0 Å². The number of hydrogen-bond acceptors (Lipinski definition) is 4. The fourth-order valence-corrected chi connectivity index (χ4v) is 2.72. The molecule has 5 heteroatoms. The highest BCUT2D eigenvalue weighted by molar-refractivity contribution is 5.72. The maximum absolute atomic E-state index is 13.7. The minimum absolute atomic E-state index is 0.0353. The fourth-order valence-electron chi connectivity index (χ4n) is 2.72. The summed E-state index contributed by atoms with van der Waals surface area (Å²) in [4.78, 5) is 0. The Labute approximate surface area is 127 Å². The van der Waals surface area contributed by atoms with Crippen molar-refractivity contribution in [2.75, 3.05) is 0 Å². The second-order valence-corrected chi connectivity index (χ2v) is 5.28. The lowest BCUT2D eigenvalue weighted by Gasteiger charge is -2.35. The molecule has 0 fully saturated rings. The van der Waals surface area contributed by atoms with Crippen LogP contribution in [0.4, 0.5) is 4.39 Å². The summed E-state index contributed by atoms with van der Waals surface area (Å²) >= 11 is 0. The van der Waals surface area contributed by atoms with E-state index in [1.807, 2.05) is 24.3 Å². The zero-order valence-electron chi connectivity index (χ0n) is 11.9. The first-order valence-electron chi connectivity index (χ1n) is 6.59. The van der Waals surface area contributed by atoms with Crippen molar-refractivity contribution in [2.24, 2.45) is 10.8 Å². The van der Waals surface area contributed by atoms with Gasteiger partial charge >= 0.3 is 0 Å². The van der Waals surface area contributed by atoms with E-state index < -0.39 is 10.8 Å². The summed E-state index contributed by atoms with van der Waals surface area (Å²) in [6.07, 6.45) is 1.54. The third-order valence-corrected chi connectivity index (χ3v) is 4.22. The van der Waals surface area contributed by atoms with Crippen LogP contribution in [0.5, 0.6) is 0 Å². The van der Waals surface area contributed by atoms with E-state index in [0.717, 1.165) is 0 Å². The molecule has 2 rings (SSSR count). The molecule has 0 bridgehead atoms. The van der Waals surface area contributed by atoms with Crippen LogP contribution in [0.25, 0.3) is 5.57 Å². The SMILES string of the molecule is Cc1c(F)cccc1C1=CCC(C#N)(C#N)C(C#N)(C#N)C1. The maximum atomic E-state index is 13.7. The topological polar surface area (TPSA) is 95.2 Å². The van der Waals surface area contributed by atoms with Crippen LogP contribution in [-0.2, 0) is 0 Å². The van der Waals surface area contributed by atoms with Crippen molar-refractivity contribution in [1.29, 1.82) is 21.0 Å². The summed E-state index contributed by atoms with van der Waals surface area (Å²) in [5.74, 6) is -0.379. The van der Waals surface area contributed by atoms with E-state index in [2.05, 4.69) is 0 Å². The number of halogens is 1. The van der Waals surface area contributed by atoms with Gasteiger partial charge in [-0.05, 0) is 29.7 Å². The Morgan fingerprint density at radius 2 is 1.59 bits per heavy atom. The predicted molar refractivity (Wildman–Crippen MR) is 75.7 cm³/mol. The van der Waals surface area contributed by atoms with Gasteiger partial charge in [-0.25, -0.2) is 4.39 Å². The van der Waals surface area contributed by atoms with Crippen molar-refractivity contribution >= 4 is 5.57 Å². The molecule has 0 unspecified atom stereocenters. The molecule has 0 aromatic heterocycles. The molecule has 0 amide bonds. The quantitative estimate of drug-likeness (QED) is 0.792. The third-order valence-electron chi connectivity index (χ3n) is 4.22. The minimum atomic E-state index is -1.76. The smallest absolute Gasteiger partial charge is 0.179 e. The lowest BCUT2D eigenvalue weighted by Crippen LogP contribution is -2.40. The number of benzene rings is 1. The molecule has 0 N–H and O–H groups in total. The molecule has 0 atom stereocenters. The number of nitrogens with zero attached hydrogens (tertiary/aromatic N) is 4. The standard InChI is InChI=1S/C17H11FN4/c1-12-14(3-2-4-15(12)18)13-5-6-16(8-19,9-20)17(7-13,10-21)11-22/h2-5H,6-7H2,1H3. The van der Waals surface area contributed by atoms with Crippen LogP contribution in [0.2, 0.25) is 0 Å². The third kappa shape index (κ3) is 1.93. The van der Waals surface area contributed by atoms with Crippen LogP contribution in [0.15, 0.2) is 24.3 Å². The zero-order chi connectivity index (χ0) is 16.4. The van der Waals surface area contributed by atoms with Crippen molar-refractivity contribution < 1.29 is 4.39 Å². The van der Waals surface area contributed by atoms with E-state index in [1.54, 1.807) is 25.1 Å². The summed E-state index contributed by atoms with van der Waals surface area (Å²) in [6.45, 7) is 1.61. The molecule has 1 aliphatic carbocycles. The molecule has 4 nitrogen and oxygen atoms in total. The average molecular weight is 290 g/mol. The monoisotopic (exact) mass is 290 g/mol. The number of hydrogen-bond donors (Lipinski definition) is 0. The van der Waals surface area contributed by atoms with Gasteiger partial charge in [0, 0.05) is 12.8 Å². The van der Waals surface area contributed by atoms with Crippen LogP contribution in [0.1, 0.15) is 24.0 Å². The van der Waals surface area contributed by atoms with Crippen molar-refractivity contribution in [3.05, 3.63) is 41.2 Å². The molecule has 0 heterocycles. The van der Waals surface area contributed by atoms with Crippen LogP contribution in [-0.4, -0.2) is 0 Å². The molecule has 0 aliphatic heterocycles. The molecule has 1 aromatic carbocycles. The van der Waals surface area contributed by atoms with Gasteiger partial charge in [-0.1, -0.05) is 18.2 Å². The van der Waals surface area contributed by atoms with Gasteiger partial charge in [0.25, 0.3) is 0 Å². The molecule has 0 spiro atoms. The van der Waals surface area contributed by atoms with E-state index in [4.69, 9.17) is 0 Å². The highest BCUT2D eigenvalue weighted by Crippen LogP contribution is 2.51. The Morgan fingerprint density at radius 1 is 1.00 bits per heavy atom. The van der Waals surface area contributed by atoms with Crippen LogP contribution in [0, 0.1) is 68.9 Å². The Bertz CT molecular complexity index is 796. The van der Waals surface area contributed by atoms with Crippen molar-refractivity contribution in [3.63, 3.8) is 0 Å². The molecule has 0 saturated heterocycles. The fraction of sp³-hybridized carbons (Fsp3) is 0.294. The lowest BCUT2D eigenvalue weighted by molar-refractivity contribution is 0.296. The van der Waals surface area contributed by atoms with Gasteiger partial charge < -0.3 is 0 Å². The Morgan fingerprint density at radius 3 is 2.14 bits per heavy atom. The molecular weight excluding hydrogens is 279 g/mol. The molecule has 1 aliphatic rings. The second-order valence-electron chi connectivity index (χ2n) is 5.28. The van der Waals surface area contributed by atoms with E-state index in [9.17, 15) is 25.4 Å². The summed E-state index contributed by atoms with van der Waals surface area (Å²) in [7, 11) is 0. The van der Waals surface area contributed by atoms with Crippen molar-refractivity contribution in [2.45, 2.75) is 19.8 Å². The summed E-state index contributed by atoms with van der Waals surface area (Å²) in [6, 6.07) is 12.0. The molecule has 0 saturated carbocycles. The van der Waals surface area contributed by atoms with Gasteiger partial charge in [-0.2, -0.15) is 21.0 Å². The summed E-state index contributed by atoms with van der Waals surface area (Å²) < 4.78 is 13.7. The van der Waals surface area contributed by atoms with Crippen LogP contribution in [0.3, 0.4) is 0 Å². The first kappa shape index (κ1) is 15.2. The van der Waals surface area contributed by atoms with Gasteiger partial charge in [0.2, 0.25) is 0 Å². The van der Waals surface area contributed by atoms with Crippen molar-refractivity contribution in [3.8, 4) is 24.3 Å². The van der Waals surface area contributed by atoms with E-state index in [-0.39, 0.29) is 18.7 Å². The van der Waals surface area contributed by atoms with Gasteiger partial charge in [-0.3, -0.25) is 0 Å². The minimum Gasteiger partial charge on any atom is -0.207 e. The largest absolute Gasteiger partial charge is 0.207 e. The Kier molecular flexibility index (Phi) is 3.69. The molecule has 1 aromatic rings. The molecule has 0 radical (unpaired) electrons.